The van der Waals surface area contributed by atoms with Crippen LogP contribution in [0.5, 0.6) is 11.5 Å². The number of para-hydroxylation sites is 1. The average Bonchev–Trinajstić information content (AvgIpc) is 3.06. The van der Waals surface area contributed by atoms with Gasteiger partial charge in [0.05, 0.1) is 24.3 Å². The van der Waals surface area contributed by atoms with E-state index >= 15 is 0 Å². The molecule has 128 valence electrons. The summed E-state index contributed by atoms with van der Waals surface area (Å²) in [6, 6.07) is 13.0. The van der Waals surface area contributed by atoms with E-state index in [2.05, 4.69) is 4.98 Å². The highest BCUT2D eigenvalue weighted by Gasteiger charge is 2.13. The normalized spacial score (nSPS) is 10.5. The summed E-state index contributed by atoms with van der Waals surface area (Å²) in [7, 11) is 0. The second kappa shape index (κ2) is 7.90. The Morgan fingerprint density at radius 1 is 1.16 bits per heavy atom. The van der Waals surface area contributed by atoms with E-state index in [0.717, 1.165) is 16.3 Å². The van der Waals surface area contributed by atoms with Gasteiger partial charge >= 0.3 is 5.97 Å². The Morgan fingerprint density at radius 3 is 2.68 bits per heavy atom. The molecule has 0 amide bonds. The topological polar surface area (TPSA) is 48.4 Å². The molecule has 0 unspecified atom stereocenters. The molecular weight excluding hydrogens is 341 g/mol. The Kier molecular flexibility index (Phi) is 5.40. The first-order chi connectivity index (χ1) is 12.2. The molecule has 25 heavy (non-hydrogen) atoms. The summed E-state index contributed by atoms with van der Waals surface area (Å²) >= 11 is 1.44. The molecule has 0 spiro atoms. The number of rotatable bonds is 6. The van der Waals surface area contributed by atoms with E-state index in [1.54, 1.807) is 0 Å². The highest BCUT2D eigenvalue weighted by Crippen LogP contribution is 2.32. The number of carbonyl (C=O) groups is 1. The highest BCUT2D eigenvalue weighted by atomic mass is 32.1. The molecule has 0 atom stereocenters. The van der Waals surface area contributed by atoms with Crippen LogP contribution in [0.2, 0.25) is 0 Å². The van der Waals surface area contributed by atoms with Crippen molar-refractivity contribution in [2.45, 2.75) is 13.3 Å². The number of ether oxygens (including phenoxy) is 2. The standard InChI is InChI=1S/C19H16FNO3S/c1-2-23-17-6-4-3-5-16(17)19-21-14(12-25-19)11-18(22)24-15-9-7-13(20)8-10-15/h3-10,12H,2,11H2,1H3. The van der Waals surface area contributed by atoms with E-state index in [1.165, 1.54) is 35.6 Å². The van der Waals surface area contributed by atoms with Crippen molar-refractivity contribution in [1.29, 1.82) is 0 Å². The van der Waals surface area contributed by atoms with Crippen LogP contribution in [-0.2, 0) is 11.2 Å². The molecule has 3 aromatic rings. The summed E-state index contributed by atoms with van der Waals surface area (Å²) in [6.45, 7) is 2.49. The third-order valence-corrected chi connectivity index (χ3v) is 4.26. The molecule has 0 fully saturated rings. The Hall–Kier alpha value is -2.73. The Bertz CT molecular complexity index is 861. The molecule has 0 saturated heterocycles. The number of hydrogen-bond donors (Lipinski definition) is 0. The van der Waals surface area contributed by atoms with Crippen LogP contribution in [0.4, 0.5) is 4.39 Å². The second-order valence-electron chi connectivity index (χ2n) is 5.18. The van der Waals surface area contributed by atoms with Gasteiger partial charge in [-0.1, -0.05) is 12.1 Å². The first kappa shape index (κ1) is 17.1. The van der Waals surface area contributed by atoms with Crippen molar-refractivity contribution in [1.82, 2.24) is 4.98 Å². The fourth-order valence-electron chi connectivity index (χ4n) is 2.25. The lowest BCUT2D eigenvalue weighted by Gasteiger charge is -2.07. The molecule has 0 radical (unpaired) electrons. The number of nitrogens with zero attached hydrogens (tertiary/aromatic N) is 1. The molecule has 0 N–H and O–H groups in total. The number of benzene rings is 2. The van der Waals surface area contributed by atoms with Crippen molar-refractivity contribution >= 4 is 17.3 Å². The molecule has 0 aliphatic heterocycles. The molecule has 3 rings (SSSR count). The lowest BCUT2D eigenvalue weighted by atomic mass is 10.2. The van der Waals surface area contributed by atoms with Crippen LogP contribution in [0, 0.1) is 5.82 Å². The molecule has 4 nitrogen and oxygen atoms in total. The van der Waals surface area contributed by atoms with Crippen LogP contribution in [0.1, 0.15) is 12.6 Å². The zero-order valence-electron chi connectivity index (χ0n) is 13.6. The fourth-order valence-corrected chi connectivity index (χ4v) is 3.10. The smallest absolute Gasteiger partial charge is 0.317 e. The maximum absolute atomic E-state index is 12.9. The van der Waals surface area contributed by atoms with Gasteiger partial charge in [-0.15, -0.1) is 11.3 Å². The number of thiazole rings is 1. The predicted octanol–water partition coefficient (Wildman–Crippen LogP) is 4.50. The van der Waals surface area contributed by atoms with Crippen molar-refractivity contribution in [2.75, 3.05) is 6.61 Å². The minimum atomic E-state index is -0.443. The summed E-state index contributed by atoms with van der Waals surface area (Å²) < 4.78 is 23.7. The predicted molar refractivity (Wildman–Crippen MR) is 94.5 cm³/mol. The van der Waals surface area contributed by atoms with Gasteiger partial charge in [-0.3, -0.25) is 4.79 Å². The van der Waals surface area contributed by atoms with Crippen molar-refractivity contribution in [3.63, 3.8) is 0 Å². The molecule has 0 bridgehead atoms. The summed E-state index contributed by atoms with van der Waals surface area (Å²) in [4.78, 5) is 16.5. The van der Waals surface area contributed by atoms with Gasteiger partial charge < -0.3 is 9.47 Å². The molecule has 2 aromatic carbocycles. The maximum Gasteiger partial charge on any atom is 0.317 e. The lowest BCUT2D eigenvalue weighted by molar-refractivity contribution is -0.133. The number of halogens is 1. The number of carbonyl (C=O) groups excluding carboxylic acids is 1. The van der Waals surface area contributed by atoms with E-state index in [-0.39, 0.29) is 12.2 Å². The zero-order valence-corrected chi connectivity index (χ0v) is 14.4. The van der Waals surface area contributed by atoms with Crippen molar-refractivity contribution < 1.29 is 18.7 Å². The highest BCUT2D eigenvalue weighted by molar-refractivity contribution is 7.13. The Balaban J connectivity index is 1.69. The van der Waals surface area contributed by atoms with Gasteiger partial charge in [-0.25, -0.2) is 9.37 Å². The van der Waals surface area contributed by atoms with Gasteiger partial charge in [-0.2, -0.15) is 0 Å². The van der Waals surface area contributed by atoms with Gasteiger partial charge in [0.2, 0.25) is 0 Å². The molecule has 6 heteroatoms. The third kappa shape index (κ3) is 4.42. The van der Waals surface area contributed by atoms with Crippen molar-refractivity contribution in [2.24, 2.45) is 0 Å². The van der Waals surface area contributed by atoms with Gasteiger partial charge in [0, 0.05) is 5.38 Å². The van der Waals surface area contributed by atoms with E-state index in [4.69, 9.17) is 9.47 Å². The second-order valence-corrected chi connectivity index (χ2v) is 6.04. The largest absolute Gasteiger partial charge is 0.493 e. The van der Waals surface area contributed by atoms with E-state index in [0.29, 0.717) is 18.1 Å². The van der Waals surface area contributed by atoms with Crippen LogP contribution in [0.3, 0.4) is 0 Å². The zero-order chi connectivity index (χ0) is 17.6. The third-order valence-electron chi connectivity index (χ3n) is 3.34. The van der Waals surface area contributed by atoms with Gasteiger partial charge in [0.15, 0.2) is 0 Å². The van der Waals surface area contributed by atoms with Crippen molar-refractivity contribution in [3.05, 3.63) is 65.4 Å². The van der Waals surface area contributed by atoms with Crippen LogP contribution < -0.4 is 9.47 Å². The monoisotopic (exact) mass is 357 g/mol. The number of esters is 1. The molecule has 0 saturated carbocycles. The SMILES string of the molecule is CCOc1ccccc1-c1nc(CC(=O)Oc2ccc(F)cc2)cs1. The van der Waals surface area contributed by atoms with E-state index in [1.807, 2.05) is 36.6 Å². The van der Waals surface area contributed by atoms with Crippen LogP contribution in [-0.4, -0.2) is 17.6 Å². The lowest BCUT2D eigenvalue weighted by Crippen LogP contribution is -2.11. The minimum absolute atomic E-state index is 0.0463. The molecule has 0 aliphatic carbocycles. The van der Waals surface area contributed by atoms with Crippen LogP contribution in [0.25, 0.3) is 10.6 Å². The summed E-state index contributed by atoms with van der Waals surface area (Å²) in [6.07, 6.45) is 0.0463. The van der Waals surface area contributed by atoms with Crippen molar-refractivity contribution in [3.8, 4) is 22.1 Å². The number of aromatic nitrogens is 1. The number of hydrogen-bond acceptors (Lipinski definition) is 5. The van der Waals surface area contributed by atoms with E-state index in [9.17, 15) is 9.18 Å². The fraction of sp³-hybridized carbons (Fsp3) is 0.158. The van der Waals surface area contributed by atoms with Crippen LogP contribution in [0.15, 0.2) is 53.9 Å². The van der Waals surface area contributed by atoms with Gasteiger partial charge in [0.25, 0.3) is 0 Å². The molecule has 1 heterocycles. The first-order valence-electron chi connectivity index (χ1n) is 7.78. The average molecular weight is 357 g/mol. The van der Waals surface area contributed by atoms with E-state index < -0.39 is 5.97 Å². The molecule has 1 aromatic heterocycles. The maximum atomic E-state index is 12.9. The van der Waals surface area contributed by atoms with Gasteiger partial charge in [0.1, 0.15) is 22.3 Å². The molecular formula is C19H16FNO3S. The molecule has 0 aliphatic rings. The van der Waals surface area contributed by atoms with Gasteiger partial charge in [-0.05, 0) is 43.3 Å². The first-order valence-corrected chi connectivity index (χ1v) is 8.66. The Morgan fingerprint density at radius 2 is 1.92 bits per heavy atom. The van der Waals surface area contributed by atoms with Crippen LogP contribution >= 0.6 is 11.3 Å². The Labute approximate surface area is 148 Å². The minimum Gasteiger partial charge on any atom is -0.493 e. The quantitative estimate of drug-likeness (QED) is 0.481. The summed E-state index contributed by atoms with van der Waals surface area (Å²) in [5.41, 5.74) is 1.52. The summed E-state index contributed by atoms with van der Waals surface area (Å²) in [5.74, 6) is 0.252. The summed E-state index contributed by atoms with van der Waals surface area (Å²) in [5, 5.41) is 2.61.